The summed E-state index contributed by atoms with van der Waals surface area (Å²) in [5.41, 5.74) is 26.0. The quantitative estimate of drug-likeness (QED) is 0.129. The summed E-state index contributed by atoms with van der Waals surface area (Å²) in [6.45, 7) is 0. The van der Waals surface area contributed by atoms with E-state index < -0.39 is 0 Å². The lowest BCUT2D eigenvalue weighted by atomic mass is 9.93. The van der Waals surface area contributed by atoms with Crippen molar-refractivity contribution >= 4 is 43.6 Å². The highest BCUT2D eigenvalue weighted by Gasteiger charge is 2.19. The Kier molecular flexibility index (Phi) is 11.6. The molecule has 15 rings (SSSR count). The average molecular weight is 1020 g/mol. The molecule has 374 valence electrons. The third kappa shape index (κ3) is 8.48. The second kappa shape index (κ2) is 19.8. The number of rotatable bonds is 10. The van der Waals surface area contributed by atoms with Crippen LogP contribution in [-0.2, 0) is 0 Å². The highest BCUT2D eigenvalue weighted by atomic mass is 15.0. The van der Waals surface area contributed by atoms with Gasteiger partial charge in [-0.2, -0.15) is 0 Å². The van der Waals surface area contributed by atoms with E-state index in [4.69, 9.17) is 0 Å². The fourth-order valence-corrected chi connectivity index (χ4v) is 12.1. The maximum Gasteiger partial charge on any atom is 0.0541 e. The van der Waals surface area contributed by atoms with Crippen LogP contribution in [-0.4, -0.2) is 9.13 Å². The molecule has 2 nitrogen and oxygen atoms in total. The van der Waals surface area contributed by atoms with Crippen molar-refractivity contribution in [2.24, 2.45) is 0 Å². The summed E-state index contributed by atoms with van der Waals surface area (Å²) < 4.78 is 4.89. The molecular formula is C78H52N2. The molecule has 0 saturated heterocycles. The number of nitrogens with zero attached hydrogens (tertiary/aromatic N) is 2. The molecule has 15 aromatic rings. The van der Waals surface area contributed by atoms with Crippen molar-refractivity contribution in [1.29, 1.82) is 0 Å². The number of fused-ring (bicyclic) bond motifs is 6. The van der Waals surface area contributed by atoms with Crippen LogP contribution in [0.4, 0.5) is 0 Å². The minimum absolute atomic E-state index is 1.12. The Morgan fingerprint density at radius 3 is 0.750 bits per heavy atom. The minimum Gasteiger partial charge on any atom is -0.309 e. The standard InChI is InChI=1S/C78H52N2/c1-6-20-53(21-7-1)60-36-39-77-73(50-60)74-52-62(38-41-78(74)80(77)70-33-19-31-59(49-70)68-46-65(56-26-12-4-13-27-56)43-66(47-68)57-28-14-5-15-29-57)61-37-40-76-72(51-61)71-34-16-17-35-75(71)79(76)69-32-18-30-58(48-69)67-44-63(54-22-8-2-9-23-54)42-64(45-67)55-24-10-3-11-25-55/h1-52H. The second-order valence-electron chi connectivity index (χ2n) is 20.9. The first-order valence-corrected chi connectivity index (χ1v) is 27.5. The molecule has 2 heteroatoms. The Morgan fingerprint density at radius 1 is 0.138 bits per heavy atom. The fourth-order valence-electron chi connectivity index (χ4n) is 12.1. The summed E-state index contributed by atoms with van der Waals surface area (Å²) in [6, 6.07) is 116. The van der Waals surface area contributed by atoms with Gasteiger partial charge >= 0.3 is 0 Å². The summed E-state index contributed by atoms with van der Waals surface area (Å²) in [4.78, 5) is 0. The molecule has 0 N–H and O–H groups in total. The van der Waals surface area contributed by atoms with Crippen LogP contribution in [0.3, 0.4) is 0 Å². The van der Waals surface area contributed by atoms with Crippen LogP contribution in [0.5, 0.6) is 0 Å². The number of para-hydroxylation sites is 1. The molecule has 0 bridgehead atoms. The Labute approximate surface area is 466 Å². The van der Waals surface area contributed by atoms with Crippen molar-refractivity contribution in [3.8, 4) is 100 Å². The molecule has 80 heavy (non-hydrogen) atoms. The predicted molar refractivity (Wildman–Crippen MR) is 339 cm³/mol. The molecule has 0 atom stereocenters. The van der Waals surface area contributed by atoms with Crippen LogP contribution in [0.25, 0.3) is 144 Å². The van der Waals surface area contributed by atoms with Gasteiger partial charge in [0.1, 0.15) is 0 Å². The SMILES string of the molecule is c1ccc(-c2cc(-c3ccccc3)cc(-c3cccc(-n4c5ccccc5c5cc(-c6ccc7c(c6)c6cc(-c8ccccc8)ccc6n7-c6cccc(-c7cc(-c8ccccc8)cc(-c8ccccc8)c7)c6)ccc54)c3)c2)cc1. The van der Waals surface area contributed by atoms with Crippen molar-refractivity contribution in [1.82, 2.24) is 9.13 Å². The summed E-state index contributed by atoms with van der Waals surface area (Å²) in [6.07, 6.45) is 0. The molecule has 2 heterocycles. The third-order valence-corrected chi connectivity index (χ3v) is 16.0. The number of hydrogen-bond acceptors (Lipinski definition) is 0. The van der Waals surface area contributed by atoms with E-state index in [1.165, 1.54) is 127 Å². The van der Waals surface area contributed by atoms with Gasteiger partial charge in [-0.1, -0.05) is 212 Å². The first kappa shape index (κ1) is 46.7. The first-order valence-electron chi connectivity index (χ1n) is 27.5. The summed E-state index contributed by atoms with van der Waals surface area (Å²) in [5, 5.41) is 4.87. The molecule has 0 aliphatic rings. The highest BCUT2D eigenvalue weighted by Crippen LogP contribution is 2.42. The Morgan fingerprint density at radius 2 is 0.388 bits per heavy atom. The van der Waals surface area contributed by atoms with Gasteiger partial charge in [0.05, 0.1) is 22.1 Å². The molecule has 0 fully saturated rings. The molecule has 0 unspecified atom stereocenters. The maximum absolute atomic E-state index is 2.46. The summed E-state index contributed by atoms with van der Waals surface area (Å²) in [7, 11) is 0. The fraction of sp³-hybridized carbons (Fsp3) is 0. The van der Waals surface area contributed by atoms with Crippen molar-refractivity contribution in [3.05, 3.63) is 315 Å². The number of hydrogen-bond donors (Lipinski definition) is 0. The van der Waals surface area contributed by atoms with Crippen LogP contribution in [0.15, 0.2) is 315 Å². The first-order chi connectivity index (χ1) is 39.6. The van der Waals surface area contributed by atoms with Gasteiger partial charge in [-0.05, 0) is 192 Å². The van der Waals surface area contributed by atoms with Crippen molar-refractivity contribution < 1.29 is 0 Å². The lowest BCUT2D eigenvalue weighted by Gasteiger charge is -2.14. The van der Waals surface area contributed by atoms with Crippen LogP contribution in [0.1, 0.15) is 0 Å². The molecular weight excluding hydrogens is 965 g/mol. The Balaban J connectivity index is 0.853. The van der Waals surface area contributed by atoms with Gasteiger partial charge in [0.15, 0.2) is 0 Å². The zero-order chi connectivity index (χ0) is 52.9. The molecule has 2 aromatic heterocycles. The van der Waals surface area contributed by atoms with Gasteiger partial charge in [0.25, 0.3) is 0 Å². The zero-order valence-corrected chi connectivity index (χ0v) is 43.9. The lowest BCUT2D eigenvalue weighted by Crippen LogP contribution is -1.95. The molecule has 0 aliphatic carbocycles. The maximum atomic E-state index is 2.46. The molecule has 0 amide bonds. The lowest BCUT2D eigenvalue weighted by molar-refractivity contribution is 1.18. The molecule has 0 saturated carbocycles. The van der Waals surface area contributed by atoms with Gasteiger partial charge in [-0.15, -0.1) is 0 Å². The predicted octanol–water partition coefficient (Wildman–Crippen LogP) is 21.2. The van der Waals surface area contributed by atoms with E-state index in [9.17, 15) is 0 Å². The van der Waals surface area contributed by atoms with Gasteiger partial charge in [-0.25, -0.2) is 0 Å². The van der Waals surface area contributed by atoms with Crippen LogP contribution in [0, 0.1) is 0 Å². The summed E-state index contributed by atoms with van der Waals surface area (Å²) >= 11 is 0. The van der Waals surface area contributed by atoms with E-state index in [1.54, 1.807) is 0 Å². The Bertz CT molecular complexity index is 4670. The Hall–Kier alpha value is -10.5. The van der Waals surface area contributed by atoms with E-state index in [0.717, 1.165) is 16.9 Å². The average Bonchev–Trinajstić information content (AvgIpc) is 4.09. The topological polar surface area (TPSA) is 9.86 Å². The number of aromatic nitrogens is 2. The highest BCUT2D eigenvalue weighted by molar-refractivity contribution is 6.13. The van der Waals surface area contributed by atoms with E-state index in [2.05, 4.69) is 325 Å². The van der Waals surface area contributed by atoms with Crippen LogP contribution < -0.4 is 0 Å². The third-order valence-electron chi connectivity index (χ3n) is 16.0. The smallest absolute Gasteiger partial charge is 0.0541 e. The van der Waals surface area contributed by atoms with Crippen molar-refractivity contribution in [3.63, 3.8) is 0 Å². The largest absolute Gasteiger partial charge is 0.309 e. The van der Waals surface area contributed by atoms with E-state index >= 15 is 0 Å². The van der Waals surface area contributed by atoms with Crippen molar-refractivity contribution in [2.45, 2.75) is 0 Å². The minimum atomic E-state index is 1.12. The zero-order valence-electron chi connectivity index (χ0n) is 43.9. The van der Waals surface area contributed by atoms with E-state index in [1.807, 2.05) is 0 Å². The number of benzene rings is 13. The molecule has 0 aliphatic heterocycles. The van der Waals surface area contributed by atoms with Gasteiger partial charge in [0, 0.05) is 32.9 Å². The van der Waals surface area contributed by atoms with Gasteiger partial charge in [0.2, 0.25) is 0 Å². The molecule has 0 radical (unpaired) electrons. The van der Waals surface area contributed by atoms with Crippen LogP contribution in [0.2, 0.25) is 0 Å². The van der Waals surface area contributed by atoms with Crippen molar-refractivity contribution in [2.75, 3.05) is 0 Å². The normalized spacial score (nSPS) is 11.5. The summed E-state index contributed by atoms with van der Waals surface area (Å²) in [5.74, 6) is 0. The second-order valence-corrected chi connectivity index (χ2v) is 20.9. The van der Waals surface area contributed by atoms with Crippen LogP contribution >= 0.6 is 0 Å². The van der Waals surface area contributed by atoms with E-state index in [-0.39, 0.29) is 0 Å². The van der Waals surface area contributed by atoms with Gasteiger partial charge < -0.3 is 9.13 Å². The van der Waals surface area contributed by atoms with Gasteiger partial charge in [-0.3, -0.25) is 0 Å². The monoisotopic (exact) mass is 1020 g/mol. The molecule has 13 aromatic carbocycles. The van der Waals surface area contributed by atoms with E-state index in [0.29, 0.717) is 0 Å². The molecule has 0 spiro atoms.